The van der Waals surface area contributed by atoms with E-state index in [-0.39, 0.29) is 0 Å². The van der Waals surface area contributed by atoms with Gasteiger partial charge in [-0.15, -0.1) is 0 Å². The molecule has 1 aromatic rings. The molecule has 1 aromatic carbocycles. The zero-order valence-corrected chi connectivity index (χ0v) is 12.4. The molecule has 0 spiro atoms. The summed E-state index contributed by atoms with van der Waals surface area (Å²) in [4.78, 5) is 2.46. The summed E-state index contributed by atoms with van der Waals surface area (Å²) in [5.41, 5.74) is 1.82. The average molecular weight is 276 g/mol. The lowest BCUT2D eigenvalue weighted by Crippen LogP contribution is -2.37. The number of rotatable bonds is 4. The summed E-state index contributed by atoms with van der Waals surface area (Å²) in [5.74, 6) is 2.07. The van der Waals surface area contributed by atoms with Crippen molar-refractivity contribution in [3.05, 3.63) is 29.3 Å². The van der Waals surface area contributed by atoms with Gasteiger partial charge in [-0.2, -0.15) is 17.0 Å². The topological polar surface area (TPSA) is 36.3 Å². The summed E-state index contributed by atoms with van der Waals surface area (Å²) in [7, 11) is 1.69. The third kappa shape index (κ3) is 3.65. The number of benzene rings is 1. The molecule has 2 rings (SSSR count). The SMILES string of the molecule is CCC1CN(Cc2cc(C#N)ccc2OC)CCS1. The number of nitriles is 1. The van der Waals surface area contributed by atoms with Gasteiger partial charge in [0.25, 0.3) is 0 Å². The van der Waals surface area contributed by atoms with Crippen molar-refractivity contribution < 1.29 is 4.74 Å². The van der Waals surface area contributed by atoms with Gasteiger partial charge in [-0.25, -0.2) is 0 Å². The van der Waals surface area contributed by atoms with Gasteiger partial charge in [0, 0.05) is 36.2 Å². The second-order valence-electron chi connectivity index (χ2n) is 4.77. The Morgan fingerprint density at radius 1 is 1.53 bits per heavy atom. The van der Waals surface area contributed by atoms with Gasteiger partial charge in [-0.3, -0.25) is 4.90 Å². The molecule has 3 nitrogen and oxygen atoms in total. The number of hydrogen-bond acceptors (Lipinski definition) is 4. The first-order chi connectivity index (χ1) is 9.26. The molecule has 0 radical (unpaired) electrons. The van der Waals surface area contributed by atoms with E-state index in [0.717, 1.165) is 36.2 Å². The lowest BCUT2D eigenvalue weighted by Gasteiger charge is -2.32. The molecule has 1 aliphatic heterocycles. The molecule has 0 aromatic heterocycles. The summed E-state index contributed by atoms with van der Waals surface area (Å²) in [6.45, 7) is 5.36. The molecule has 0 bridgehead atoms. The highest BCUT2D eigenvalue weighted by Crippen LogP contribution is 2.26. The molecule has 1 saturated heterocycles. The fraction of sp³-hybridized carbons (Fsp3) is 0.533. The van der Waals surface area contributed by atoms with Crippen LogP contribution in [-0.4, -0.2) is 36.1 Å². The molecule has 1 unspecified atom stereocenters. The van der Waals surface area contributed by atoms with Crippen LogP contribution in [0.2, 0.25) is 0 Å². The molecule has 1 atom stereocenters. The molecule has 1 aliphatic rings. The zero-order chi connectivity index (χ0) is 13.7. The lowest BCUT2D eigenvalue weighted by molar-refractivity contribution is 0.268. The van der Waals surface area contributed by atoms with Crippen LogP contribution in [0.1, 0.15) is 24.5 Å². The van der Waals surface area contributed by atoms with Crippen molar-refractivity contribution in [3.8, 4) is 11.8 Å². The standard InChI is InChI=1S/C15H20N2OS/c1-3-14-11-17(6-7-19-14)10-13-8-12(9-16)4-5-15(13)18-2/h4-5,8,14H,3,6-7,10-11H2,1-2H3. The van der Waals surface area contributed by atoms with Crippen LogP contribution in [0.25, 0.3) is 0 Å². The van der Waals surface area contributed by atoms with Crippen LogP contribution in [0.5, 0.6) is 5.75 Å². The van der Waals surface area contributed by atoms with Gasteiger partial charge in [0.1, 0.15) is 5.75 Å². The van der Waals surface area contributed by atoms with Crippen LogP contribution in [0.15, 0.2) is 18.2 Å². The van der Waals surface area contributed by atoms with E-state index in [2.05, 4.69) is 29.7 Å². The molecule has 1 fully saturated rings. The van der Waals surface area contributed by atoms with Crippen LogP contribution in [0.3, 0.4) is 0 Å². The van der Waals surface area contributed by atoms with E-state index in [9.17, 15) is 0 Å². The van der Waals surface area contributed by atoms with Crippen molar-refractivity contribution in [2.24, 2.45) is 0 Å². The van der Waals surface area contributed by atoms with Gasteiger partial charge >= 0.3 is 0 Å². The third-order valence-corrected chi connectivity index (χ3v) is 4.85. The van der Waals surface area contributed by atoms with Crippen molar-refractivity contribution in [3.63, 3.8) is 0 Å². The van der Waals surface area contributed by atoms with E-state index >= 15 is 0 Å². The van der Waals surface area contributed by atoms with Crippen LogP contribution < -0.4 is 4.74 Å². The predicted octanol–water partition coefficient (Wildman–Crippen LogP) is 2.89. The number of methoxy groups -OCH3 is 1. The van der Waals surface area contributed by atoms with Crippen molar-refractivity contribution in [1.82, 2.24) is 4.90 Å². The molecule has 102 valence electrons. The molecule has 19 heavy (non-hydrogen) atoms. The molecular weight excluding hydrogens is 256 g/mol. The number of thioether (sulfide) groups is 1. The highest BCUT2D eigenvalue weighted by molar-refractivity contribution is 8.00. The average Bonchev–Trinajstić information content (AvgIpc) is 2.47. The largest absolute Gasteiger partial charge is 0.496 e. The quantitative estimate of drug-likeness (QED) is 0.847. The number of hydrogen-bond donors (Lipinski definition) is 0. The van der Waals surface area contributed by atoms with E-state index in [1.807, 2.05) is 18.2 Å². The van der Waals surface area contributed by atoms with Gasteiger partial charge in [0.2, 0.25) is 0 Å². The second-order valence-corrected chi connectivity index (χ2v) is 6.18. The minimum atomic E-state index is 0.703. The summed E-state index contributed by atoms with van der Waals surface area (Å²) in [6, 6.07) is 7.85. The Hall–Kier alpha value is -1.18. The molecule has 0 N–H and O–H groups in total. The highest BCUT2D eigenvalue weighted by atomic mass is 32.2. The smallest absolute Gasteiger partial charge is 0.123 e. The molecule has 1 heterocycles. The Kier molecular flexibility index (Phi) is 5.12. The van der Waals surface area contributed by atoms with Crippen molar-refractivity contribution in [1.29, 1.82) is 5.26 Å². The fourth-order valence-corrected chi connectivity index (χ4v) is 3.63. The van der Waals surface area contributed by atoms with Crippen LogP contribution in [-0.2, 0) is 6.54 Å². The minimum Gasteiger partial charge on any atom is -0.496 e. The van der Waals surface area contributed by atoms with Gasteiger partial charge < -0.3 is 4.74 Å². The fourth-order valence-electron chi connectivity index (χ4n) is 2.38. The summed E-state index contributed by atoms with van der Waals surface area (Å²) >= 11 is 2.07. The number of nitrogens with zero attached hydrogens (tertiary/aromatic N) is 2. The van der Waals surface area contributed by atoms with Crippen LogP contribution >= 0.6 is 11.8 Å². The van der Waals surface area contributed by atoms with Gasteiger partial charge in [0.15, 0.2) is 0 Å². The zero-order valence-electron chi connectivity index (χ0n) is 11.6. The Balaban J connectivity index is 2.11. The maximum Gasteiger partial charge on any atom is 0.123 e. The normalized spacial score (nSPS) is 19.9. The molecule has 0 saturated carbocycles. The van der Waals surface area contributed by atoms with Crippen molar-refractivity contribution in [2.75, 3.05) is 26.0 Å². The maximum absolute atomic E-state index is 9.00. The third-order valence-electron chi connectivity index (χ3n) is 3.48. The van der Waals surface area contributed by atoms with Gasteiger partial charge in [-0.1, -0.05) is 6.92 Å². The summed E-state index contributed by atoms with van der Waals surface area (Å²) < 4.78 is 5.40. The monoisotopic (exact) mass is 276 g/mol. The van der Waals surface area contributed by atoms with Crippen molar-refractivity contribution in [2.45, 2.75) is 25.1 Å². The Morgan fingerprint density at radius 3 is 3.05 bits per heavy atom. The van der Waals surface area contributed by atoms with E-state index in [0.29, 0.717) is 5.56 Å². The first-order valence-corrected chi connectivity index (χ1v) is 7.72. The van der Waals surface area contributed by atoms with Gasteiger partial charge in [0.05, 0.1) is 18.7 Å². The Morgan fingerprint density at radius 2 is 2.37 bits per heavy atom. The predicted molar refractivity (Wildman–Crippen MR) is 79.5 cm³/mol. The lowest BCUT2D eigenvalue weighted by atomic mass is 10.1. The first-order valence-electron chi connectivity index (χ1n) is 6.67. The van der Waals surface area contributed by atoms with Crippen molar-refractivity contribution >= 4 is 11.8 Å². The summed E-state index contributed by atoms with van der Waals surface area (Å²) in [6.07, 6.45) is 1.22. The molecule has 0 aliphatic carbocycles. The molecule has 0 amide bonds. The molecular formula is C15H20N2OS. The Labute approximate surface area is 119 Å². The van der Waals surface area contributed by atoms with E-state index in [1.54, 1.807) is 7.11 Å². The van der Waals surface area contributed by atoms with Gasteiger partial charge in [-0.05, 0) is 24.6 Å². The van der Waals surface area contributed by atoms with E-state index in [4.69, 9.17) is 10.00 Å². The van der Waals surface area contributed by atoms with E-state index in [1.165, 1.54) is 12.2 Å². The maximum atomic E-state index is 9.00. The number of ether oxygens (including phenoxy) is 1. The van der Waals surface area contributed by atoms with E-state index < -0.39 is 0 Å². The molecule has 4 heteroatoms. The highest BCUT2D eigenvalue weighted by Gasteiger charge is 2.20. The van der Waals surface area contributed by atoms with Crippen LogP contribution in [0, 0.1) is 11.3 Å². The first kappa shape index (κ1) is 14.2. The summed E-state index contributed by atoms with van der Waals surface area (Å²) in [5, 5.41) is 9.74. The second kappa shape index (κ2) is 6.83. The van der Waals surface area contributed by atoms with Crippen LogP contribution in [0.4, 0.5) is 0 Å². The minimum absolute atomic E-state index is 0.703. The Bertz CT molecular complexity index is 470.